The molecule has 5 nitrogen and oxygen atoms in total. The maximum Gasteiger partial charge on any atom is 0.255 e. The van der Waals surface area contributed by atoms with Crippen molar-refractivity contribution in [3.8, 4) is 0 Å². The van der Waals surface area contributed by atoms with E-state index in [1.807, 2.05) is 60.7 Å². The van der Waals surface area contributed by atoms with Crippen LogP contribution >= 0.6 is 0 Å². The van der Waals surface area contributed by atoms with E-state index in [4.69, 9.17) is 5.73 Å². The van der Waals surface area contributed by atoms with Crippen LogP contribution in [0, 0.1) is 0 Å². The van der Waals surface area contributed by atoms with E-state index in [-0.39, 0.29) is 22.7 Å². The highest BCUT2D eigenvalue weighted by molar-refractivity contribution is 6.04. The lowest BCUT2D eigenvalue weighted by molar-refractivity contribution is -0.255. The van der Waals surface area contributed by atoms with E-state index in [0.717, 1.165) is 11.1 Å². The average molecular weight is 359 g/mol. The number of aromatic carboxylic acids is 1. The number of carbonyl (C=O) groups excluding carboxylic acids is 2. The van der Waals surface area contributed by atoms with Gasteiger partial charge in [0.1, 0.15) is 0 Å². The minimum Gasteiger partial charge on any atom is -0.545 e. The van der Waals surface area contributed by atoms with E-state index in [1.165, 1.54) is 18.2 Å². The van der Waals surface area contributed by atoms with Crippen molar-refractivity contribution < 1.29 is 14.7 Å². The number of carboxylic acid groups (broad SMARTS) is 1. The second kappa shape index (κ2) is 8.19. The maximum absolute atomic E-state index is 13.2. The van der Waals surface area contributed by atoms with E-state index in [2.05, 4.69) is 0 Å². The summed E-state index contributed by atoms with van der Waals surface area (Å²) in [6.07, 6.45) is 0. The molecule has 0 aromatic heterocycles. The van der Waals surface area contributed by atoms with Crippen LogP contribution in [0.4, 0.5) is 5.69 Å². The van der Waals surface area contributed by atoms with E-state index in [0.29, 0.717) is 13.1 Å². The second-order valence-electron chi connectivity index (χ2n) is 6.22. The van der Waals surface area contributed by atoms with E-state index >= 15 is 0 Å². The van der Waals surface area contributed by atoms with Crippen LogP contribution in [0.2, 0.25) is 0 Å². The zero-order chi connectivity index (χ0) is 19.2. The number of amides is 1. The second-order valence-corrected chi connectivity index (χ2v) is 6.22. The monoisotopic (exact) mass is 359 g/mol. The molecule has 0 spiro atoms. The number of anilines is 1. The van der Waals surface area contributed by atoms with Crippen molar-refractivity contribution in [3.63, 3.8) is 0 Å². The number of hydrogen-bond acceptors (Lipinski definition) is 4. The number of nitrogen functional groups attached to an aromatic ring is 1. The lowest BCUT2D eigenvalue weighted by Gasteiger charge is -2.24. The molecule has 0 radical (unpaired) electrons. The third kappa shape index (κ3) is 4.52. The largest absolute Gasteiger partial charge is 0.545 e. The highest BCUT2D eigenvalue weighted by atomic mass is 16.4. The Morgan fingerprint density at radius 1 is 0.778 bits per heavy atom. The van der Waals surface area contributed by atoms with Crippen molar-refractivity contribution in [1.29, 1.82) is 0 Å². The van der Waals surface area contributed by atoms with Crippen LogP contribution in [-0.4, -0.2) is 16.8 Å². The van der Waals surface area contributed by atoms with Gasteiger partial charge in [0.2, 0.25) is 0 Å². The Morgan fingerprint density at radius 2 is 1.30 bits per heavy atom. The number of rotatable bonds is 6. The van der Waals surface area contributed by atoms with E-state index in [9.17, 15) is 14.7 Å². The summed E-state index contributed by atoms with van der Waals surface area (Å²) in [6, 6.07) is 23.3. The smallest absolute Gasteiger partial charge is 0.255 e. The molecule has 0 bridgehead atoms. The molecule has 0 fully saturated rings. The Kier molecular flexibility index (Phi) is 5.52. The maximum atomic E-state index is 13.2. The number of hydrogen-bond donors (Lipinski definition) is 1. The first-order valence-electron chi connectivity index (χ1n) is 8.52. The first-order chi connectivity index (χ1) is 13.0. The molecular formula is C22H19N2O3-. The fraction of sp³-hybridized carbons (Fsp3) is 0.0909. The molecular weight excluding hydrogens is 340 g/mol. The molecule has 0 saturated carbocycles. The molecule has 27 heavy (non-hydrogen) atoms. The molecule has 2 N–H and O–H groups in total. The highest BCUT2D eigenvalue weighted by Crippen LogP contribution is 2.19. The first kappa shape index (κ1) is 18.2. The third-order valence-corrected chi connectivity index (χ3v) is 4.21. The lowest BCUT2D eigenvalue weighted by atomic mass is 10.0. The molecule has 136 valence electrons. The third-order valence-electron chi connectivity index (χ3n) is 4.21. The highest BCUT2D eigenvalue weighted by Gasteiger charge is 2.20. The molecule has 0 heterocycles. The summed E-state index contributed by atoms with van der Waals surface area (Å²) in [4.78, 5) is 26.3. The van der Waals surface area contributed by atoms with E-state index < -0.39 is 5.97 Å². The van der Waals surface area contributed by atoms with Crippen LogP contribution in [0.25, 0.3) is 0 Å². The molecule has 0 atom stereocenters. The summed E-state index contributed by atoms with van der Waals surface area (Å²) in [5.41, 5.74) is 7.71. The molecule has 1 amide bonds. The predicted octanol–water partition coefficient (Wildman–Crippen LogP) is 2.47. The van der Waals surface area contributed by atoms with Crippen molar-refractivity contribution in [1.82, 2.24) is 4.90 Å². The molecule has 5 heteroatoms. The van der Waals surface area contributed by atoms with Gasteiger partial charge in [-0.1, -0.05) is 60.7 Å². The van der Waals surface area contributed by atoms with Gasteiger partial charge in [0.25, 0.3) is 5.91 Å². The summed E-state index contributed by atoms with van der Waals surface area (Å²) in [5, 5.41) is 11.5. The Bertz CT molecular complexity index is 899. The molecule has 3 rings (SSSR count). The van der Waals surface area contributed by atoms with Crippen molar-refractivity contribution in [3.05, 3.63) is 101 Å². The van der Waals surface area contributed by atoms with Crippen molar-refractivity contribution >= 4 is 17.6 Å². The number of carbonyl (C=O) groups is 2. The fourth-order valence-electron chi connectivity index (χ4n) is 2.89. The SMILES string of the molecule is Nc1ccc(C(=O)N(Cc2ccccc2)Cc2ccccc2)c(C(=O)[O-])c1. The van der Waals surface area contributed by atoms with Crippen LogP contribution in [0.1, 0.15) is 31.8 Å². The van der Waals surface area contributed by atoms with Crippen molar-refractivity contribution in [2.24, 2.45) is 0 Å². The molecule has 0 aliphatic rings. The zero-order valence-corrected chi connectivity index (χ0v) is 14.7. The molecule has 0 aliphatic carbocycles. The van der Waals surface area contributed by atoms with Crippen LogP contribution in [-0.2, 0) is 13.1 Å². The normalized spacial score (nSPS) is 10.4. The average Bonchev–Trinajstić information content (AvgIpc) is 2.68. The van der Waals surface area contributed by atoms with Gasteiger partial charge in [0, 0.05) is 29.9 Å². The van der Waals surface area contributed by atoms with Gasteiger partial charge in [-0.2, -0.15) is 0 Å². The minimum atomic E-state index is -1.43. The van der Waals surface area contributed by atoms with Gasteiger partial charge >= 0.3 is 0 Å². The minimum absolute atomic E-state index is 0.0658. The molecule has 0 saturated heterocycles. The Morgan fingerprint density at radius 3 is 1.78 bits per heavy atom. The summed E-state index contributed by atoms with van der Waals surface area (Å²) in [6.45, 7) is 0.705. The predicted molar refractivity (Wildman–Crippen MR) is 102 cm³/mol. The summed E-state index contributed by atoms with van der Waals surface area (Å²) in [7, 11) is 0. The van der Waals surface area contributed by atoms with Gasteiger partial charge in [0.05, 0.1) is 5.97 Å². The molecule has 0 unspecified atom stereocenters. The standard InChI is InChI=1S/C22H20N2O3/c23-18-11-12-19(20(13-18)22(26)27)21(25)24(14-16-7-3-1-4-8-16)15-17-9-5-2-6-10-17/h1-13H,14-15,23H2,(H,26,27)/p-1. The van der Waals surface area contributed by atoms with Crippen LogP contribution in [0.5, 0.6) is 0 Å². The Balaban J connectivity index is 1.96. The topological polar surface area (TPSA) is 86.5 Å². The first-order valence-corrected chi connectivity index (χ1v) is 8.52. The number of nitrogens with two attached hydrogens (primary N) is 1. The van der Waals surface area contributed by atoms with Gasteiger partial charge < -0.3 is 20.5 Å². The Labute approximate surface area is 157 Å². The van der Waals surface area contributed by atoms with Gasteiger partial charge in [-0.3, -0.25) is 4.79 Å². The van der Waals surface area contributed by atoms with Crippen molar-refractivity contribution in [2.45, 2.75) is 13.1 Å². The quantitative estimate of drug-likeness (QED) is 0.685. The summed E-state index contributed by atoms with van der Waals surface area (Å²) < 4.78 is 0. The van der Waals surface area contributed by atoms with Gasteiger partial charge in [0.15, 0.2) is 0 Å². The Hall–Kier alpha value is -3.60. The molecule has 3 aromatic carbocycles. The fourth-order valence-corrected chi connectivity index (χ4v) is 2.89. The van der Waals surface area contributed by atoms with Crippen LogP contribution < -0.4 is 10.8 Å². The van der Waals surface area contributed by atoms with Crippen LogP contribution in [0.15, 0.2) is 78.9 Å². The molecule has 3 aromatic rings. The summed E-state index contributed by atoms with van der Waals surface area (Å²) in [5.74, 6) is -1.81. The zero-order valence-electron chi connectivity index (χ0n) is 14.7. The lowest BCUT2D eigenvalue weighted by Crippen LogP contribution is -2.33. The number of carboxylic acids is 1. The van der Waals surface area contributed by atoms with Gasteiger partial charge in [-0.25, -0.2) is 0 Å². The molecule has 0 aliphatic heterocycles. The van der Waals surface area contributed by atoms with Crippen molar-refractivity contribution in [2.75, 3.05) is 5.73 Å². The van der Waals surface area contributed by atoms with Crippen LogP contribution in [0.3, 0.4) is 0 Å². The number of nitrogens with zero attached hydrogens (tertiary/aromatic N) is 1. The van der Waals surface area contributed by atoms with Gasteiger partial charge in [-0.15, -0.1) is 0 Å². The van der Waals surface area contributed by atoms with E-state index in [1.54, 1.807) is 4.90 Å². The number of benzene rings is 3. The summed E-state index contributed by atoms with van der Waals surface area (Å²) >= 11 is 0. The van der Waals surface area contributed by atoms with Gasteiger partial charge in [-0.05, 0) is 29.3 Å².